The SMILES string of the molecule is C1=CC2C=C3C[C@@H](CC4=C(c5nc(-c6cccc(-c7ccccc7)c6)nc(-c6cccc7ccccc67)n5)C5C=CC=CC5c5c4oc4ccccc54)c4c(ccc5ccccc45)C3=CC2C=C1. The maximum atomic E-state index is 7.22. The van der Waals surface area contributed by atoms with E-state index in [1.54, 1.807) is 0 Å². The number of allylic oxidation sites excluding steroid dienone is 14. The van der Waals surface area contributed by atoms with Crippen molar-refractivity contribution in [3.8, 4) is 33.9 Å². The molecule has 0 spiro atoms. The molecule has 2 aromatic heterocycles. The highest BCUT2D eigenvalue weighted by Gasteiger charge is 2.42. The van der Waals surface area contributed by atoms with E-state index in [-0.39, 0.29) is 17.8 Å². The van der Waals surface area contributed by atoms with Crippen LogP contribution in [-0.2, 0) is 0 Å². The summed E-state index contributed by atoms with van der Waals surface area (Å²) in [6.07, 6.45) is 25.0. The van der Waals surface area contributed by atoms with Crippen molar-refractivity contribution in [2.24, 2.45) is 17.8 Å². The van der Waals surface area contributed by atoms with Crippen molar-refractivity contribution in [2.45, 2.75) is 24.7 Å². The number of nitrogens with zero attached hydrogens (tertiary/aromatic N) is 3. The molecule has 5 atom stereocenters. The van der Waals surface area contributed by atoms with Gasteiger partial charge in [0.15, 0.2) is 17.5 Å². The van der Waals surface area contributed by atoms with Gasteiger partial charge in [-0.2, -0.15) is 0 Å². The highest BCUT2D eigenvalue weighted by molar-refractivity contribution is 6.02. The Hall–Kier alpha value is -8.21. The van der Waals surface area contributed by atoms with Crippen molar-refractivity contribution in [3.63, 3.8) is 0 Å². The lowest BCUT2D eigenvalue weighted by Gasteiger charge is -2.38. The van der Waals surface area contributed by atoms with Crippen LogP contribution in [0.1, 0.15) is 53.0 Å². The molecule has 2 heterocycles. The van der Waals surface area contributed by atoms with Crippen LogP contribution < -0.4 is 0 Å². The van der Waals surface area contributed by atoms with E-state index in [0.717, 1.165) is 68.2 Å². The first-order chi connectivity index (χ1) is 33.7. The zero-order valence-corrected chi connectivity index (χ0v) is 37.3. The number of hydrogen-bond donors (Lipinski definition) is 0. The molecule has 4 unspecified atom stereocenters. The molecule has 0 bridgehead atoms. The van der Waals surface area contributed by atoms with Crippen molar-refractivity contribution >= 4 is 49.2 Å². The average molecular weight is 872 g/mol. The molecule has 322 valence electrons. The molecule has 0 fully saturated rings. The first-order valence-corrected chi connectivity index (χ1v) is 24.0. The second-order valence-electron chi connectivity index (χ2n) is 18.9. The van der Waals surface area contributed by atoms with Gasteiger partial charge in [-0.25, -0.2) is 15.0 Å². The zero-order valence-electron chi connectivity index (χ0n) is 37.3. The first-order valence-electron chi connectivity index (χ1n) is 24.0. The van der Waals surface area contributed by atoms with Gasteiger partial charge in [-0.1, -0.05) is 206 Å². The summed E-state index contributed by atoms with van der Waals surface area (Å²) in [5.41, 5.74) is 14.2. The summed E-state index contributed by atoms with van der Waals surface area (Å²) in [6, 6.07) is 56.4. The highest BCUT2D eigenvalue weighted by Crippen LogP contribution is 2.57. The van der Waals surface area contributed by atoms with E-state index in [9.17, 15) is 0 Å². The number of rotatable bonds is 6. The Bertz CT molecular complexity index is 3780. The minimum Gasteiger partial charge on any atom is -0.456 e. The second-order valence-corrected chi connectivity index (χ2v) is 18.9. The predicted octanol–water partition coefficient (Wildman–Crippen LogP) is 15.9. The molecule has 0 N–H and O–H groups in total. The standard InChI is InChI=1S/C64H45N3O/c1-2-16-39(17-3-1)42-23-14-24-45(34-42)62-65-63(53-30-15-22-40-18-6-8-25-48(40)53)67-64(66-62)60-51-28-11-10-27-50(51)59-54-29-12-13-31-57(54)68-61(59)56(60)38-47-36-46-35-43-20-4-5-21-44(43)37-55(46)52-33-32-41-19-7-9-26-49(41)58(47)52/h1-35,37,43-44,47,50-51H,36,38H2/t43?,44?,47-,50?,51?/m0/s1. The number of fused-ring (bicyclic) bond motifs is 12. The van der Waals surface area contributed by atoms with Gasteiger partial charge < -0.3 is 4.42 Å². The molecular formula is C64H45N3O. The molecule has 7 aromatic carbocycles. The summed E-state index contributed by atoms with van der Waals surface area (Å²) in [4.78, 5) is 16.7. The third kappa shape index (κ3) is 6.32. The lowest BCUT2D eigenvalue weighted by Crippen LogP contribution is -2.23. The fourth-order valence-corrected chi connectivity index (χ4v) is 12.0. The van der Waals surface area contributed by atoms with E-state index in [1.807, 2.05) is 0 Å². The summed E-state index contributed by atoms with van der Waals surface area (Å²) in [5.74, 6) is 3.76. The second kappa shape index (κ2) is 15.7. The quantitative estimate of drug-likeness (QED) is 0.167. The van der Waals surface area contributed by atoms with Crippen molar-refractivity contribution in [1.82, 2.24) is 15.0 Å². The number of furan rings is 1. The van der Waals surface area contributed by atoms with Crippen LogP contribution in [0.3, 0.4) is 0 Å². The zero-order chi connectivity index (χ0) is 44.7. The number of hydrogen-bond acceptors (Lipinski definition) is 4. The lowest BCUT2D eigenvalue weighted by atomic mass is 9.65. The Morgan fingerprint density at radius 2 is 1.12 bits per heavy atom. The van der Waals surface area contributed by atoms with Gasteiger partial charge in [0.05, 0.1) is 0 Å². The van der Waals surface area contributed by atoms with Gasteiger partial charge in [0.1, 0.15) is 11.3 Å². The minimum atomic E-state index is -0.0466. The molecule has 14 rings (SSSR count). The van der Waals surface area contributed by atoms with Crippen LogP contribution in [0.15, 0.2) is 228 Å². The number of benzene rings is 7. The van der Waals surface area contributed by atoms with Crippen molar-refractivity contribution in [3.05, 3.63) is 252 Å². The molecule has 0 saturated carbocycles. The molecule has 5 aliphatic carbocycles. The summed E-state index contributed by atoms with van der Waals surface area (Å²) in [7, 11) is 0. The van der Waals surface area contributed by atoms with Crippen LogP contribution in [0.2, 0.25) is 0 Å². The van der Waals surface area contributed by atoms with Crippen LogP contribution in [0, 0.1) is 17.8 Å². The van der Waals surface area contributed by atoms with Gasteiger partial charge in [-0.3, -0.25) is 0 Å². The highest BCUT2D eigenvalue weighted by atomic mass is 16.3. The van der Waals surface area contributed by atoms with E-state index in [1.165, 1.54) is 44.2 Å². The van der Waals surface area contributed by atoms with Crippen molar-refractivity contribution < 1.29 is 4.42 Å². The summed E-state index contributed by atoms with van der Waals surface area (Å²) in [6.45, 7) is 0. The van der Waals surface area contributed by atoms with E-state index in [2.05, 4.69) is 218 Å². The average Bonchev–Trinajstić information content (AvgIpc) is 3.80. The number of para-hydroxylation sites is 1. The fraction of sp³-hybridized carbons (Fsp3) is 0.109. The Kier molecular flexibility index (Phi) is 9.01. The molecule has 0 amide bonds. The van der Waals surface area contributed by atoms with E-state index >= 15 is 0 Å². The molecule has 4 nitrogen and oxygen atoms in total. The van der Waals surface area contributed by atoms with Crippen LogP contribution in [-0.4, -0.2) is 15.0 Å². The molecule has 5 aliphatic rings. The Balaban J connectivity index is 1.04. The minimum absolute atomic E-state index is 0.0261. The van der Waals surface area contributed by atoms with Crippen molar-refractivity contribution in [2.75, 3.05) is 0 Å². The Morgan fingerprint density at radius 3 is 1.99 bits per heavy atom. The Morgan fingerprint density at radius 1 is 0.471 bits per heavy atom. The van der Waals surface area contributed by atoms with Crippen LogP contribution in [0.4, 0.5) is 0 Å². The third-order valence-corrected chi connectivity index (χ3v) is 15.1. The smallest absolute Gasteiger partial charge is 0.164 e. The Labute approximate surface area is 395 Å². The lowest BCUT2D eigenvalue weighted by molar-refractivity contribution is 0.562. The molecule has 68 heavy (non-hydrogen) atoms. The maximum Gasteiger partial charge on any atom is 0.164 e. The van der Waals surface area contributed by atoms with Gasteiger partial charge in [0.25, 0.3) is 0 Å². The largest absolute Gasteiger partial charge is 0.456 e. The molecule has 9 aromatic rings. The molecular weight excluding hydrogens is 827 g/mol. The van der Waals surface area contributed by atoms with Crippen LogP contribution in [0.25, 0.3) is 83.1 Å². The van der Waals surface area contributed by atoms with Crippen LogP contribution in [0.5, 0.6) is 0 Å². The van der Waals surface area contributed by atoms with E-state index in [4.69, 9.17) is 19.4 Å². The number of aromatic nitrogens is 3. The van der Waals surface area contributed by atoms with Gasteiger partial charge in [0.2, 0.25) is 0 Å². The summed E-state index contributed by atoms with van der Waals surface area (Å²) < 4.78 is 7.22. The molecule has 4 heteroatoms. The summed E-state index contributed by atoms with van der Waals surface area (Å²) >= 11 is 0. The van der Waals surface area contributed by atoms with Gasteiger partial charge in [0, 0.05) is 56.9 Å². The van der Waals surface area contributed by atoms with Crippen LogP contribution >= 0.6 is 0 Å². The fourth-order valence-electron chi connectivity index (χ4n) is 12.0. The first kappa shape index (κ1) is 39.0. The van der Waals surface area contributed by atoms with Gasteiger partial charge in [-0.05, 0) is 85.8 Å². The van der Waals surface area contributed by atoms with Gasteiger partial charge >= 0.3 is 0 Å². The van der Waals surface area contributed by atoms with Crippen molar-refractivity contribution in [1.29, 1.82) is 0 Å². The predicted molar refractivity (Wildman–Crippen MR) is 278 cm³/mol. The van der Waals surface area contributed by atoms with E-state index < -0.39 is 0 Å². The molecule has 0 saturated heterocycles. The third-order valence-electron chi connectivity index (χ3n) is 15.1. The maximum absolute atomic E-state index is 7.22. The monoisotopic (exact) mass is 871 g/mol. The summed E-state index contributed by atoms with van der Waals surface area (Å²) in [5, 5.41) is 5.99. The molecule has 0 radical (unpaired) electrons. The normalized spacial score (nSPS) is 21.0. The van der Waals surface area contributed by atoms with Gasteiger partial charge in [-0.15, -0.1) is 0 Å². The van der Waals surface area contributed by atoms with E-state index in [0.29, 0.717) is 29.3 Å². The topological polar surface area (TPSA) is 51.8 Å². The molecule has 0 aliphatic heterocycles.